The van der Waals surface area contributed by atoms with E-state index in [2.05, 4.69) is 20.9 Å². The van der Waals surface area contributed by atoms with Crippen LogP contribution >= 0.6 is 0 Å². The Kier molecular flexibility index (Phi) is 4.20. The number of nitrogens with zero attached hydrogens (tertiary/aromatic N) is 2. The van der Waals surface area contributed by atoms with Gasteiger partial charge in [-0.25, -0.2) is 4.79 Å². The lowest BCUT2D eigenvalue weighted by Gasteiger charge is -2.28. The van der Waals surface area contributed by atoms with E-state index in [1.807, 2.05) is 42.7 Å². The molecule has 1 aliphatic heterocycles. The zero-order valence-corrected chi connectivity index (χ0v) is 15.5. The molecule has 0 unspecified atom stereocenters. The monoisotopic (exact) mass is 371 g/mol. The first-order valence-corrected chi connectivity index (χ1v) is 9.70. The van der Waals surface area contributed by atoms with Gasteiger partial charge < -0.3 is 14.6 Å². The minimum atomic E-state index is -0.361. The number of pyridine rings is 1. The molecular weight excluding hydrogens is 350 g/mol. The lowest BCUT2D eigenvalue weighted by molar-refractivity contribution is 0.0735. The van der Waals surface area contributed by atoms with Crippen molar-refractivity contribution in [3.05, 3.63) is 66.5 Å². The van der Waals surface area contributed by atoms with Gasteiger partial charge in [0.1, 0.15) is 5.75 Å². The zero-order valence-electron chi connectivity index (χ0n) is 15.5. The number of piperidine rings is 1. The Morgan fingerprint density at radius 1 is 0.964 bits per heavy atom. The van der Waals surface area contributed by atoms with Gasteiger partial charge in [-0.1, -0.05) is 0 Å². The normalized spacial score (nSPS) is 14.5. The molecule has 5 heteroatoms. The van der Waals surface area contributed by atoms with Gasteiger partial charge in [0.25, 0.3) is 0 Å². The number of hydrogen-bond donors (Lipinski definition) is 1. The van der Waals surface area contributed by atoms with Crippen LogP contribution in [0.5, 0.6) is 5.75 Å². The minimum absolute atomic E-state index is 0.361. The number of ether oxygens (including phenoxy) is 1. The summed E-state index contributed by atoms with van der Waals surface area (Å²) in [5.41, 5.74) is 3.54. The number of hydrogen-bond acceptors (Lipinski definition) is 4. The summed E-state index contributed by atoms with van der Waals surface area (Å²) in [6, 6.07) is 15.2. The van der Waals surface area contributed by atoms with Gasteiger partial charge in [-0.05, 0) is 67.8 Å². The summed E-state index contributed by atoms with van der Waals surface area (Å²) in [4.78, 5) is 22.7. The smallest absolute Gasteiger partial charge is 0.343 e. The highest BCUT2D eigenvalue weighted by molar-refractivity contribution is 5.96. The Balaban J connectivity index is 1.41. The SMILES string of the molecule is O=C(Oc1ccc2[nH]ccc2c1)c1ccc2ncc(N3CCCCC3)cc2c1. The highest BCUT2D eigenvalue weighted by Crippen LogP contribution is 2.25. The molecule has 1 fully saturated rings. The maximum Gasteiger partial charge on any atom is 0.343 e. The average Bonchev–Trinajstić information content (AvgIpc) is 3.21. The average molecular weight is 371 g/mol. The van der Waals surface area contributed by atoms with Gasteiger partial charge in [-0.2, -0.15) is 0 Å². The number of rotatable bonds is 3. The molecule has 1 aliphatic rings. The van der Waals surface area contributed by atoms with E-state index in [-0.39, 0.29) is 5.97 Å². The van der Waals surface area contributed by atoms with Gasteiger partial charge in [-0.3, -0.25) is 4.98 Å². The predicted molar refractivity (Wildman–Crippen MR) is 111 cm³/mol. The predicted octanol–water partition coefficient (Wildman–Crippen LogP) is 4.93. The second kappa shape index (κ2) is 7.00. The molecule has 140 valence electrons. The summed E-state index contributed by atoms with van der Waals surface area (Å²) < 4.78 is 5.59. The summed E-state index contributed by atoms with van der Waals surface area (Å²) in [5, 5.41) is 1.97. The Morgan fingerprint density at radius 2 is 1.86 bits per heavy atom. The second-order valence-electron chi connectivity index (χ2n) is 7.26. The number of esters is 1. The molecule has 28 heavy (non-hydrogen) atoms. The summed E-state index contributed by atoms with van der Waals surface area (Å²) in [5.74, 6) is 0.178. The van der Waals surface area contributed by atoms with Gasteiger partial charge in [-0.15, -0.1) is 0 Å². The minimum Gasteiger partial charge on any atom is -0.423 e. The lowest BCUT2D eigenvalue weighted by Crippen LogP contribution is -2.29. The number of aromatic nitrogens is 2. The van der Waals surface area contributed by atoms with Gasteiger partial charge >= 0.3 is 5.97 Å². The molecule has 1 saturated heterocycles. The van der Waals surface area contributed by atoms with Gasteiger partial charge in [0, 0.05) is 35.6 Å². The maximum absolute atomic E-state index is 12.7. The fraction of sp³-hybridized carbons (Fsp3) is 0.217. The first-order chi connectivity index (χ1) is 13.8. The first-order valence-electron chi connectivity index (χ1n) is 9.70. The Bertz CT molecular complexity index is 1160. The van der Waals surface area contributed by atoms with E-state index in [0.717, 1.165) is 40.6 Å². The van der Waals surface area contributed by atoms with E-state index in [0.29, 0.717) is 11.3 Å². The second-order valence-corrected chi connectivity index (χ2v) is 7.26. The van der Waals surface area contributed by atoms with Crippen molar-refractivity contribution in [3.8, 4) is 5.75 Å². The van der Waals surface area contributed by atoms with Crippen molar-refractivity contribution in [2.75, 3.05) is 18.0 Å². The van der Waals surface area contributed by atoms with Gasteiger partial charge in [0.2, 0.25) is 0 Å². The standard InChI is InChI=1S/C23H21N3O2/c27-23(28-20-5-7-21-16(14-20)8-9-24-21)17-4-6-22-18(12-17)13-19(15-25-22)26-10-2-1-3-11-26/h4-9,12-15,24H,1-3,10-11H2. The van der Waals surface area contributed by atoms with Crippen LogP contribution in [-0.2, 0) is 0 Å². The van der Waals surface area contributed by atoms with E-state index < -0.39 is 0 Å². The molecule has 0 bridgehead atoms. The van der Waals surface area contributed by atoms with Crippen LogP contribution in [0.3, 0.4) is 0 Å². The van der Waals surface area contributed by atoms with Crippen molar-refractivity contribution in [1.82, 2.24) is 9.97 Å². The van der Waals surface area contributed by atoms with Crippen molar-refractivity contribution < 1.29 is 9.53 Å². The summed E-state index contributed by atoms with van der Waals surface area (Å²) in [6.45, 7) is 2.13. The first kappa shape index (κ1) is 16.8. The Hall–Kier alpha value is -3.34. The molecule has 3 heterocycles. The molecule has 0 atom stereocenters. The molecule has 4 aromatic rings. The van der Waals surface area contributed by atoms with Crippen LogP contribution in [0, 0.1) is 0 Å². The van der Waals surface area contributed by atoms with Crippen LogP contribution in [0.4, 0.5) is 5.69 Å². The number of H-pyrrole nitrogens is 1. The van der Waals surface area contributed by atoms with Crippen LogP contribution in [-0.4, -0.2) is 29.0 Å². The maximum atomic E-state index is 12.7. The summed E-state index contributed by atoms with van der Waals surface area (Å²) in [7, 11) is 0. The van der Waals surface area contributed by atoms with Crippen molar-refractivity contribution in [1.29, 1.82) is 0 Å². The fourth-order valence-electron chi connectivity index (χ4n) is 3.83. The number of benzene rings is 2. The number of aromatic amines is 1. The fourth-order valence-corrected chi connectivity index (χ4v) is 3.83. The van der Waals surface area contributed by atoms with Crippen LogP contribution in [0.15, 0.2) is 60.9 Å². The van der Waals surface area contributed by atoms with Gasteiger partial charge in [0.15, 0.2) is 0 Å². The topological polar surface area (TPSA) is 58.2 Å². The van der Waals surface area contributed by atoms with Crippen LogP contribution in [0.1, 0.15) is 29.6 Å². The molecule has 0 saturated carbocycles. The van der Waals surface area contributed by atoms with E-state index in [9.17, 15) is 4.79 Å². The molecule has 2 aromatic carbocycles. The molecule has 0 amide bonds. The van der Waals surface area contributed by atoms with Crippen LogP contribution in [0.2, 0.25) is 0 Å². The molecule has 2 aromatic heterocycles. The third-order valence-corrected chi connectivity index (χ3v) is 5.36. The summed E-state index contributed by atoms with van der Waals surface area (Å²) in [6.07, 6.45) is 7.53. The molecule has 0 aliphatic carbocycles. The van der Waals surface area contributed by atoms with Crippen LogP contribution in [0.25, 0.3) is 21.8 Å². The highest BCUT2D eigenvalue weighted by Gasteiger charge is 2.14. The summed E-state index contributed by atoms with van der Waals surface area (Å²) >= 11 is 0. The van der Waals surface area contributed by atoms with Crippen LogP contribution < -0.4 is 9.64 Å². The molecule has 0 spiro atoms. The van der Waals surface area contributed by atoms with Crippen molar-refractivity contribution in [2.45, 2.75) is 19.3 Å². The Labute approximate surface area is 162 Å². The molecule has 0 radical (unpaired) electrons. The number of nitrogens with one attached hydrogen (secondary N) is 1. The van der Waals surface area contributed by atoms with E-state index in [1.165, 1.54) is 19.3 Å². The lowest BCUT2D eigenvalue weighted by atomic mass is 10.1. The molecule has 5 nitrogen and oxygen atoms in total. The van der Waals surface area contributed by atoms with Crippen molar-refractivity contribution in [3.63, 3.8) is 0 Å². The largest absolute Gasteiger partial charge is 0.423 e. The van der Waals surface area contributed by atoms with Gasteiger partial charge in [0.05, 0.1) is 23.0 Å². The molecule has 5 rings (SSSR count). The van der Waals surface area contributed by atoms with E-state index in [4.69, 9.17) is 4.74 Å². The zero-order chi connectivity index (χ0) is 18.9. The van der Waals surface area contributed by atoms with Crippen molar-refractivity contribution in [2.24, 2.45) is 0 Å². The van der Waals surface area contributed by atoms with E-state index in [1.54, 1.807) is 12.1 Å². The molecule has 1 N–H and O–H groups in total. The quantitative estimate of drug-likeness (QED) is 0.410. The number of carbonyl (C=O) groups is 1. The highest BCUT2D eigenvalue weighted by atomic mass is 16.5. The Morgan fingerprint density at radius 3 is 2.75 bits per heavy atom. The number of fused-ring (bicyclic) bond motifs is 2. The third kappa shape index (κ3) is 3.20. The number of anilines is 1. The number of carbonyl (C=O) groups excluding carboxylic acids is 1. The molecular formula is C23H21N3O2. The van der Waals surface area contributed by atoms with E-state index >= 15 is 0 Å². The van der Waals surface area contributed by atoms with Crippen molar-refractivity contribution >= 4 is 33.5 Å². The third-order valence-electron chi connectivity index (χ3n) is 5.36.